The molecule has 0 bridgehead atoms. The highest BCUT2D eigenvalue weighted by Crippen LogP contribution is 2.34. The first-order valence-corrected chi connectivity index (χ1v) is 7.75. The zero-order valence-corrected chi connectivity index (χ0v) is 13.4. The summed E-state index contributed by atoms with van der Waals surface area (Å²) in [7, 11) is 0. The van der Waals surface area contributed by atoms with Crippen molar-refractivity contribution >= 4 is 17.9 Å². The van der Waals surface area contributed by atoms with Gasteiger partial charge >= 0.3 is 17.9 Å². The highest BCUT2D eigenvalue weighted by Gasteiger charge is 2.46. The second-order valence-corrected chi connectivity index (χ2v) is 5.44. The van der Waals surface area contributed by atoms with E-state index in [1.165, 1.54) is 0 Å². The highest BCUT2D eigenvalue weighted by atomic mass is 16.6. The minimum Gasteiger partial charge on any atom is -0.481 e. The Kier molecular flexibility index (Phi) is 5.89. The number of rotatable bonds is 8. The monoisotopic (exact) mass is 342 g/mol. The molecule has 130 valence electrons. The lowest BCUT2D eigenvalue weighted by Crippen LogP contribution is -2.41. The number of benzene rings is 2. The maximum absolute atomic E-state index is 12.2. The van der Waals surface area contributed by atoms with Crippen LogP contribution in [0.3, 0.4) is 0 Å². The zero-order chi connectivity index (χ0) is 18.3. The maximum Gasteiger partial charge on any atom is 0.357 e. The third kappa shape index (κ3) is 4.23. The standard InChI is InChI=1S/C19H18O6/c20-16(21)12-7-13-17(22)25-19(18(23)24,14-8-3-1-4-9-14)15-10-5-2-6-11-15/h1-6,8-11H,7,12-13H2,(H,20,21)(H,23,24). The summed E-state index contributed by atoms with van der Waals surface area (Å²) in [6.07, 6.45) is -0.291. The van der Waals surface area contributed by atoms with Gasteiger partial charge < -0.3 is 14.9 Å². The summed E-state index contributed by atoms with van der Waals surface area (Å²) in [4.78, 5) is 35.0. The lowest BCUT2D eigenvalue weighted by atomic mass is 9.86. The van der Waals surface area contributed by atoms with Crippen molar-refractivity contribution in [3.05, 3.63) is 71.8 Å². The molecule has 6 heteroatoms. The molecule has 0 radical (unpaired) electrons. The number of carbonyl (C=O) groups is 3. The fraction of sp³-hybridized carbons (Fsp3) is 0.211. The van der Waals surface area contributed by atoms with E-state index in [9.17, 15) is 19.5 Å². The normalized spacial score (nSPS) is 10.9. The first-order chi connectivity index (χ1) is 12.0. The molecule has 2 aromatic rings. The number of aliphatic carboxylic acids is 2. The van der Waals surface area contributed by atoms with Crippen LogP contribution in [0.4, 0.5) is 0 Å². The Bertz CT molecular complexity index is 700. The predicted molar refractivity (Wildman–Crippen MR) is 88.9 cm³/mol. The lowest BCUT2D eigenvalue weighted by Gasteiger charge is -2.30. The van der Waals surface area contributed by atoms with Crippen LogP contribution in [0.1, 0.15) is 30.4 Å². The summed E-state index contributed by atoms with van der Waals surface area (Å²) in [5.74, 6) is -3.11. The van der Waals surface area contributed by atoms with Gasteiger partial charge in [-0.3, -0.25) is 9.59 Å². The van der Waals surface area contributed by atoms with Gasteiger partial charge in [0.2, 0.25) is 0 Å². The average Bonchev–Trinajstić information content (AvgIpc) is 2.60. The molecule has 2 N–H and O–H groups in total. The summed E-state index contributed by atoms with van der Waals surface area (Å²) in [6, 6.07) is 16.4. The molecule has 0 aromatic heterocycles. The van der Waals surface area contributed by atoms with Gasteiger partial charge in [0.05, 0.1) is 0 Å². The van der Waals surface area contributed by atoms with Crippen molar-refractivity contribution in [2.75, 3.05) is 0 Å². The Morgan fingerprint density at radius 1 is 0.800 bits per heavy atom. The van der Waals surface area contributed by atoms with Gasteiger partial charge in [-0.05, 0) is 6.42 Å². The second-order valence-electron chi connectivity index (χ2n) is 5.44. The molecular weight excluding hydrogens is 324 g/mol. The van der Waals surface area contributed by atoms with Crippen LogP contribution < -0.4 is 0 Å². The van der Waals surface area contributed by atoms with E-state index in [0.29, 0.717) is 11.1 Å². The van der Waals surface area contributed by atoms with Gasteiger partial charge in [-0.25, -0.2) is 4.79 Å². The fourth-order valence-electron chi connectivity index (χ4n) is 2.53. The Hall–Kier alpha value is -3.15. The van der Waals surface area contributed by atoms with Crippen molar-refractivity contribution in [2.24, 2.45) is 0 Å². The molecule has 0 aliphatic carbocycles. The Labute approximate surface area is 144 Å². The van der Waals surface area contributed by atoms with E-state index in [1.807, 2.05) is 0 Å². The molecule has 0 saturated carbocycles. The first-order valence-electron chi connectivity index (χ1n) is 7.75. The molecular formula is C19H18O6. The van der Waals surface area contributed by atoms with Crippen LogP contribution in [-0.4, -0.2) is 28.1 Å². The number of carboxylic acids is 2. The van der Waals surface area contributed by atoms with Crippen LogP contribution in [-0.2, 0) is 24.7 Å². The molecule has 0 spiro atoms. The van der Waals surface area contributed by atoms with E-state index in [0.717, 1.165) is 0 Å². The summed E-state index contributed by atoms with van der Waals surface area (Å²) in [6.45, 7) is 0. The van der Waals surface area contributed by atoms with Crippen molar-refractivity contribution in [3.63, 3.8) is 0 Å². The van der Waals surface area contributed by atoms with Crippen LogP contribution >= 0.6 is 0 Å². The van der Waals surface area contributed by atoms with E-state index in [1.54, 1.807) is 60.7 Å². The Morgan fingerprint density at radius 2 is 1.28 bits per heavy atom. The summed E-state index contributed by atoms with van der Waals surface area (Å²) < 4.78 is 5.42. The molecule has 0 aliphatic heterocycles. The van der Waals surface area contributed by atoms with Gasteiger partial charge in [0, 0.05) is 24.0 Å². The zero-order valence-electron chi connectivity index (χ0n) is 13.4. The van der Waals surface area contributed by atoms with Crippen LogP contribution in [0.15, 0.2) is 60.7 Å². The van der Waals surface area contributed by atoms with E-state index in [4.69, 9.17) is 9.84 Å². The highest BCUT2D eigenvalue weighted by molar-refractivity contribution is 5.87. The van der Waals surface area contributed by atoms with Crippen molar-refractivity contribution in [2.45, 2.75) is 24.9 Å². The van der Waals surface area contributed by atoms with Gasteiger partial charge in [0.1, 0.15) is 0 Å². The molecule has 0 fully saturated rings. The molecule has 2 rings (SSSR count). The third-order valence-corrected chi connectivity index (χ3v) is 3.70. The minimum atomic E-state index is -1.98. The largest absolute Gasteiger partial charge is 0.481 e. The van der Waals surface area contributed by atoms with Crippen molar-refractivity contribution in [1.82, 2.24) is 0 Å². The quantitative estimate of drug-likeness (QED) is 0.716. The van der Waals surface area contributed by atoms with Gasteiger partial charge in [-0.1, -0.05) is 60.7 Å². The third-order valence-electron chi connectivity index (χ3n) is 3.70. The van der Waals surface area contributed by atoms with Crippen LogP contribution in [0.25, 0.3) is 0 Å². The molecule has 6 nitrogen and oxygen atoms in total. The molecule has 0 atom stereocenters. The summed E-state index contributed by atoms with van der Waals surface area (Å²) in [5.41, 5.74) is -1.37. The van der Waals surface area contributed by atoms with Crippen molar-refractivity contribution < 1.29 is 29.3 Å². The number of ether oxygens (including phenoxy) is 1. The number of esters is 1. The lowest BCUT2D eigenvalue weighted by molar-refractivity contribution is -0.175. The van der Waals surface area contributed by atoms with Crippen molar-refractivity contribution in [3.8, 4) is 0 Å². The number of carboxylic acid groups (broad SMARTS) is 2. The van der Waals surface area contributed by atoms with E-state index < -0.39 is 23.5 Å². The summed E-state index contributed by atoms with van der Waals surface area (Å²) >= 11 is 0. The van der Waals surface area contributed by atoms with Gasteiger partial charge in [0.25, 0.3) is 5.60 Å². The molecule has 2 aromatic carbocycles. The van der Waals surface area contributed by atoms with E-state index in [2.05, 4.69) is 0 Å². The fourth-order valence-corrected chi connectivity index (χ4v) is 2.53. The molecule has 0 saturated heterocycles. The SMILES string of the molecule is O=C(O)CCCC(=O)OC(C(=O)O)(c1ccccc1)c1ccccc1. The van der Waals surface area contributed by atoms with E-state index >= 15 is 0 Å². The number of carbonyl (C=O) groups excluding carboxylic acids is 1. The van der Waals surface area contributed by atoms with Gasteiger partial charge in [0.15, 0.2) is 0 Å². The molecule has 0 aliphatic rings. The maximum atomic E-state index is 12.2. The number of hydrogen-bond donors (Lipinski definition) is 2. The topological polar surface area (TPSA) is 101 Å². The summed E-state index contributed by atoms with van der Waals surface area (Å²) in [5, 5.41) is 18.6. The number of hydrogen-bond acceptors (Lipinski definition) is 4. The van der Waals surface area contributed by atoms with Gasteiger partial charge in [-0.2, -0.15) is 0 Å². The van der Waals surface area contributed by atoms with Crippen LogP contribution in [0, 0.1) is 0 Å². The average molecular weight is 342 g/mol. The second kappa shape index (κ2) is 8.10. The van der Waals surface area contributed by atoms with Crippen LogP contribution in [0.2, 0.25) is 0 Å². The van der Waals surface area contributed by atoms with Crippen molar-refractivity contribution in [1.29, 1.82) is 0 Å². The molecule has 0 heterocycles. The molecule has 0 amide bonds. The smallest absolute Gasteiger partial charge is 0.357 e. The van der Waals surface area contributed by atoms with E-state index in [-0.39, 0.29) is 19.3 Å². The molecule has 0 unspecified atom stereocenters. The van der Waals surface area contributed by atoms with Gasteiger partial charge in [-0.15, -0.1) is 0 Å². The van der Waals surface area contributed by atoms with Crippen LogP contribution in [0.5, 0.6) is 0 Å². The Balaban J connectivity index is 2.40. The minimum absolute atomic E-state index is 0.0768. The molecule has 25 heavy (non-hydrogen) atoms. The Morgan fingerprint density at radius 3 is 1.68 bits per heavy atom. The first kappa shape index (κ1) is 18.2. The predicted octanol–water partition coefficient (Wildman–Crippen LogP) is 2.81.